The molecule has 2 aliphatic rings. The third-order valence-electron chi connectivity index (χ3n) is 5.50. The van der Waals surface area contributed by atoms with Crippen molar-refractivity contribution in [1.29, 1.82) is 0 Å². The Bertz CT molecular complexity index is 590. The van der Waals surface area contributed by atoms with E-state index in [1.807, 2.05) is 19.0 Å². The first kappa shape index (κ1) is 22.7. The van der Waals surface area contributed by atoms with Gasteiger partial charge in [-0.2, -0.15) is 0 Å². The molecule has 2 heterocycles. The Morgan fingerprint density at radius 1 is 1.36 bits per heavy atom. The van der Waals surface area contributed by atoms with E-state index in [-0.39, 0.29) is 31.1 Å². The highest BCUT2D eigenvalue weighted by Crippen LogP contribution is 2.26. The van der Waals surface area contributed by atoms with E-state index in [4.69, 9.17) is 9.47 Å². The zero-order valence-corrected chi connectivity index (χ0v) is 17.3. The minimum Gasteiger partial charge on any atom is -0.463 e. The van der Waals surface area contributed by atoms with Gasteiger partial charge in [-0.25, -0.2) is 0 Å². The van der Waals surface area contributed by atoms with Crippen LogP contribution in [0.2, 0.25) is 0 Å². The van der Waals surface area contributed by atoms with Crippen LogP contribution in [0.4, 0.5) is 0 Å². The van der Waals surface area contributed by atoms with Crippen molar-refractivity contribution in [1.82, 2.24) is 15.1 Å². The normalized spacial score (nSPS) is 29.5. The second-order valence-corrected chi connectivity index (χ2v) is 8.24. The molecule has 0 saturated carbocycles. The van der Waals surface area contributed by atoms with Crippen molar-refractivity contribution in [3.63, 3.8) is 0 Å². The van der Waals surface area contributed by atoms with E-state index in [0.29, 0.717) is 39.0 Å². The van der Waals surface area contributed by atoms with Gasteiger partial charge in [-0.1, -0.05) is 0 Å². The Kier molecular flexibility index (Phi) is 7.55. The van der Waals surface area contributed by atoms with E-state index >= 15 is 0 Å². The van der Waals surface area contributed by atoms with Crippen LogP contribution >= 0.6 is 0 Å². The molecule has 0 aromatic rings. The summed E-state index contributed by atoms with van der Waals surface area (Å²) < 4.78 is 10.6. The molecule has 28 heavy (non-hydrogen) atoms. The lowest BCUT2D eigenvalue weighted by Gasteiger charge is -2.50. The summed E-state index contributed by atoms with van der Waals surface area (Å²) in [5.74, 6) is -3.13. The first-order valence-electron chi connectivity index (χ1n) is 9.74. The quantitative estimate of drug-likeness (QED) is 0.367. The molecule has 9 heteroatoms. The number of hydrogen-bond acceptors (Lipinski definition) is 8. The van der Waals surface area contributed by atoms with Crippen LogP contribution in [0.5, 0.6) is 0 Å². The molecule has 2 rings (SSSR count). The lowest BCUT2D eigenvalue weighted by molar-refractivity contribution is -0.196. The van der Waals surface area contributed by atoms with Crippen LogP contribution in [0.25, 0.3) is 0 Å². The van der Waals surface area contributed by atoms with Gasteiger partial charge in [0.2, 0.25) is 5.91 Å². The molecule has 1 unspecified atom stereocenters. The van der Waals surface area contributed by atoms with Gasteiger partial charge in [0.1, 0.15) is 18.3 Å². The van der Waals surface area contributed by atoms with Crippen LogP contribution in [0.1, 0.15) is 32.6 Å². The number of nitrogens with zero attached hydrogens (tertiary/aromatic N) is 2. The van der Waals surface area contributed by atoms with Crippen LogP contribution in [0, 0.1) is 5.92 Å². The Morgan fingerprint density at radius 2 is 2.04 bits per heavy atom. The first-order valence-corrected chi connectivity index (χ1v) is 9.74. The molecule has 1 spiro atoms. The van der Waals surface area contributed by atoms with Crippen LogP contribution in [-0.2, 0) is 23.9 Å². The second-order valence-electron chi connectivity index (χ2n) is 8.24. The van der Waals surface area contributed by atoms with Crippen molar-refractivity contribution in [3.8, 4) is 0 Å². The predicted octanol–water partition coefficient (Wildman–Crippen LogP) is -0.624. The van der Waals surface area contributed by atoms with Crippen molar-refractivity contribution in [2.24, 2.45) is 5.92 Å². The number of hydrogen-bond donors (Lipinski definition) is 2. The molecular formula is C19H33N3O6. The topological polar surface area (TPSA) is 108 Å². The fourth-order valence-corrected chi connectivity index (χ4v) is 3.53. The molecule has 0 aliphatic carbocycles. The largest absolute Gasteiger partial charge is 0.463 e. The minimum absolute atomic E-state index is 0.0176. The Labute approximate surface area is 166 Å². The third kappa shape index (κ3) is 5.73. The maximum absolute atomic E-state index is 12.3. The van der Waals surface area contributed by atoms with E-state index in [2.05, 4.69) is 5.32 Å². The molecule has 1 amide bonds. The number of likely N-dealkylation sites (N-methyl/N-ethyl adjacent to an activating group) is 1. The highest BCUT2D eigenvalue weighted by Gasteiger charge is 2.46. The SMILES string of the molecule is CO[C@]1(O)CCCNC2(COC(=O)C(C)C(=O)CC1)CN(C(=O)CN(C)C)C2. The summed E-state index contributed by atoms with van der Waals surface area (Å²) in [6.07, 6.45) is 1.17. The molecule has 0 aromatic heterocycles. The van der Waals surface area contributed by atoms with Crippen LogP contribution in [0.3, 0.4) is 0 Å². The highest BCUT2D eigenvalue weighted by molar-refractivity contribution is 5.98. The Balaban J connectivity index is 2.06. The monoisotopic (exact) mass is 399 g/mol. The molecule has 9 nitrogen and oxygen atoms in total. The molecule has 160 valence electrons. The van der Waals surface area contributed by atoms with E-state index in [1.54, 1.807) is 4.90 Å². The summed E-state index contributed by atoms with van der Waals surface area (Å²) in [4.78, 5) is 40.3. The number of likely N-dealkylation sites (tertiary alicyclic amines) is 1. The number of ketones is 1. The van der Waals surface area contributed by atoms with Crippen LogP contribution in [-0.4, -0.2) is 97.9 Å². The van der Waals surface area contributed by atoms with Gasteiger partial charge >= 0.3 is 5.97 Å². The number of methoxy groups -OCH3 is 1. The van der Waals surface area contributed by atoms with Gasteiger partial charge in [0.05, 0.1) is 12.1 Å². The Morgan fingerprint density at radius 3 is 2.64 bits per heavy atom. The molecule has 0 radical (unpaired) electrons. The van der Waals surface area contributed by atoms with Crippen molar-refractivity contribution >= 4 is 17.7 Å². The summed E-state index contributed by atoms with van der Waals surface area (Å²) >= 11 is 0. The lowest BCUT2D eigenvalue weighted by atomic mass is 9.90. The van der Waals surface area contributed by atoms with Gasteiger partial charge in [0.15, 0.2) is 5.79 Å². The lowest BCUT2D eigenvalue weighted by Crippen LogP contribution is -2.73. The molecule has 2 fully saturated rings. The van der Waals surface area contributed by atoms with Gasteiger partial charge < -0.3 is 29.7 Å². The summed E-state index contributed by atoms with van der Waals surface area (Å²) in [5.41, 5.74) is -0.528. The fraction of sp³-hybridized carbons (Fsp3) is 0.842. The molecule has 2 N–H and O–H groups in total. The van der Waals surface area contributed by atoms with E-state index in [9.17, 15) is 19.5 Å². The maximum atomic E-state index is 12.3. The molecule has 0 bridgehead atoms. The van der Waals surface area contributed by atoms with Crippen LogP contribution < -0.4 is 5.32 Å². The van der Waals surface area contributed by atoms with Gasteiger partial charge in [0.25, 0.3) is 0 Å². The van der Waals surface area contributed by atoms with Gasteiger partial charge in [-0.3, -0.25) is 14.4 Å². The molecule has 2 saturated heterocycles. The number of carbonyl (C=O) groups is 3. The number of esters is 1. The first-order chi connectivity index (χ1) is 13.1. The zero-order valence-electron chi connectivity index (χ0n) is 17.3. The average molecular weight is 399 g/mol. The number of carbonyl (C=O) groups excluding carboxylic acids is 3. The van der Waals surface area contributed by atoms with Crippen molar-refractivity contribution in [2.45, 2.75) is 43.9 Å². The van der Waals surface area contributed by atoms with Crippen molar-refractivity contribution < 1.29 is 29.0 Å². The number of aliphatic hydroxyl groups is 1. The number of cyclic esters (lactones) is 1. The van der Waals surface area contributed by atoms with Gasteiger partial charge in [0, 0.05) is 39.5 Å². The zero-order chi connectivity index (χ0) is 20.9. The minimum atomic E-state index is -1.39. The molecule has 2 aliphatic heterocycles. The van der Waals surface area contributed by atoms with Crippen molar-refractivity contribution in [3.05, 3.63) is 0 Å². The summed E-state index contributed by atoms with van der Waals surface area (Å²) in [7, 11) is 5.08. The average Bonchev–Trinajstić information content (AvgIpc) is 2.62. The molecular weight excluding hydrogens is 366 g/mol. The van der Waals surface area contributed by atoms with Gasteiger partial charge in [-0.05, 0) is 34.0 Å². The molecule has 2 atom stereocenters. The number of ether oxygens (including phenoxy) is 2. The second kappa shape index (κ2) is 9.30. The van der Waals surface area contributed by atoms with Crippen LogP contribution in [0.15, 0.2) is 0 Å². The fourth-order valence-electron chi connectivity index (χ4n) is 3.53. The standard InChI is InChI=1S/C19H33N3O6/c1-14-15(23)6-8-19(26,27-4)7-5-9-20-18(13-28-17(14)25)11-22(12-18)16(24)10-21(2)3/h14,20,26H,5-13H2,1-4H3/t14?,19-/m1/s1. The van der Waals surface area contributed by atoms with Crippen molar-refractivity contribution in [2.75, 3.05) is 54.0 Å². The van der Waals surface area contributed by atoms with E-state index in [0.717, 1.165) is 0 Å². The summed E-state index contributed by atoms with van der Waals surface area (Å²) in [5, 5.41) is 13.9. The highest BCUT2D eigenvalue weighted by atomic mass is 16.6. The number of nitrogens with one attached hydrogen (secondary N) is 1. The maximum Gasteiger partial charge on any atom is 0.316 e. The number of amides is 1. The number of rotatable bonds is 3. The summed E-state index contributed by atoms with van der Waals surface area (Å²) in [6, 6.07) is 0. The number of Topliss-reactive ketones (excluding diaryl/α,β-unsaturated/α-hetero) is 1. The molecule has 0 aromatic carbocycles. The Hall–Kier alpha value is -1.55. The van der Waals surface area contributed by atoms with E-state index < -0.39 is 23.2 Å². The van der Waals surface area contributed by atoms with E-state index in [1.165, 1.54) is 14.0 Å². The predicted molar refractivity (Wildman–Crippen MR) is 101 cm³/mol. The third-order valence-corrected chi connectivity index (χ3v) is 5.50. The summed E-state index contributed by atoms with van der Waals surface area (Å²) in [6.45, 7) is 3.38. The van der Waals surface area contributed by atoms with Gasteiger partial charge in [-0.15, -0.1) is 0 Å². The smallest absolute Gasteiger partial charge is 0.316 e.